The smallest absolute Gasteiger partial charge is 0.159 e. The molecule has 2 aromatic carbocycles. The van der Waals surface area contributed by atoms with Gasteiger partial charge < -0.3 is 4.90 Å². The first-order chi connectivity index (χ1) is 8.58. The molecule has 0 fully saturated rings. The van der Waals surface area contributed by atoms with Gasteiger partial charge in [-0.05, 0) is 37.3 Å². The second kappa shape index (κ2) is 5.00. The molecule has 0 aromatic heterocycles. The highest BCUT2D eigenvalue weighted by atomic mass is 19.1. The highest BCUT2D eigenvalue weighted by molar-refractivity contribution is 5.95. The minimum absolute atomic E-state index is 0.141. The number of carbonyl (C=O) groups excluding carboxylic acids is 1. The zero-order valence-corrected chi connectivity index (χ0v) is 10.4. The first-order valence-corrected chi connectivity index (χ1v) is 5.68. The quantitative estimate of drug-likeness (QED) is 0.764. The van der Waals surface area contributed by atoms with Crippen LogP contribution in [0.3, 0.4) is 0 Å². The Hall–Kier alpha value is -2.16. The molecule has 2 aromatic rings. The summed E-state index contributed by atoms with van der Waals surface area (Å²) in [6.45, 7) is 1.43. The van der Waals surface area contributed by atoms with Crippen LogP contribution in [0.1, 0.15) is 17.3 Å². The number of ketones is 1. The van der Waals surface area contributed by atoms with E-state index in [1.807, 2.05) is 42.3 Å². The molecule has 2 rings (SSSR count). The summed E-state index contributed by atoms with van der Waals surface area (Å²) in [6, 6.07) is 14.0. The molecule has 0 N–H and O–H groups in total. The molecule has 0 aliphatic heterocycles. The fourth-order valence-corrected chi connectivity index (χ4v) is 1.77. The summed E-state index contributed by atoms with van der Waals surface area (Å²) in [5, 5.41) is 0. The fraction of sp³-hybridized carbons (Fsp3) is 0.133. The van der Waals surface area contributed by atoms with Crippen molar-refractivity contribution in [1.29, 1.82) is 0 Å². The van der Waals surface area contributed by atoms with Crippen LogP contribution in [0.5, 0.6) is 0 Å². The molecule has 0 saturated carbocycles. The van der Waals surface area contributed by atoms with Gasteiger partial charge in [0.05, 0.1) is 0 Å². The van der Waals surface area contributed by atoms with Crippen LogP contribution in [0.25, 0.3) is 0 Å². The monoisotopic (exact) mass is 243 g/mol. The Morgan fingerprint density at radius 2 is 1.72 bits per heavy atom. The molecule has 0 saturated heterocycles. The Balaban J connectivity index is 2.42. The molecular weight excluding hydrogens is 229 g/mol. The van der Waals surface area contributed by atoms with Crippen LogP contribution in [0, 0.1) is 5.82 Å². The first-order valence-electron chi connectivity index (χ1n) is 5.68. The van der Waals surface area contributed by atoms with Gasteiger partial charge in [0.15, 0.2) is 5.78 Å². The van der Waals surface area contributed by atoms with Crippen LogP contribution in [0.4, 0.5) is 15.8 Å². The topological polar surface area (TPSA) is 20.3 Å². The van der Waals surface area contributed by atoms with Crippen LogP contribution >= 0.6 is 0 Å². The Kier molecular flexibility index (Phi) is 3.42. The summed E-state index contributed by atoms with van der Waals surface area (Å²) < 4.78 is 13.5. The van der Waals surface area contributed by atoms with Gasteiger partial charge in [-0.15, -0.1) is 0 Å². The number of benzene rings is 2. The molecule has 18 heavy (non-hydrogen) atoms. The van der Waals surface area contributed by atoms with Gasteiger partial charge in [0, 0.05) is 24.0 Å². The third-order valence-electron chi connectivity index (χ3n) is 2.82. The van der Waals surface area contributed by atoms with Gasteiger partial charge in [0.25, 0.3) is 0 Å². The Morgan fingerprint density at radius 1 is 1.06 bits per heavy atom. The van der Waals surface area contributed by atoms with Gasteiger partial charge in [-0.2, -0.15) is 0 Å². The van der Waals surface area contributed by atoms with Gasteiger partial charge in [0.2, 0.25) is 0 Å². The van der Waals surface area contributed by atoms with Crippen molar-refractivity contribution in [1.82, 2.24) is 0 Å². The maximum Gasteiger partial charge on any atom is 0.159 e. The van der Waals surface area contributed by atoms with E-state index in [0.717, 1.165) is 5.69 Å². The van der Waals surface area contributed by atoms with Gasteiger partial charge in [-0.25, -0.2) is 4.39 Å². The van der Waals surface area contributed by atoms with Crippen LogP contribution in [0.2, 0.25) is 0 Å². The number of halogens is 1. The van der Waals surface area contributed by atoms with Crippen molar-refractivity contribution in [3.63, 3.8) is 0 Å². The molecule has 0 aliphatic carbocycles. The van der Waals surface area contributed by atoms with Crippen molar-refractivity contribution in [3.8, 4) is 0 Å². The van der Waals surface area contributed by atoms with Crippen molar-refractivity contribution < 1.29 is 9.18 Å². The van der Waals surface area contributed by atoms with Crippen LogP contribution in [0.15, 0.2) is 48.5 Å². The molecular formula is C15H14FNO. The van der Waals surface area contributed by atoms with Crippen molar-refractivity contribution in [2.75, 3.05) is 11.9 Å². The van der Waals surface area contributed by atoms with Gasteiger partial charge in [-0.3, -0.25) is 4.79 Å². The minimum atomic E-state index is -0.402. The SMILES string of the molecule is CC(=O)c1cc(F)cc(N(C)c2ccccc2)c1. The molecule has 2 nitrogen and oxygen atoms in total. The van der Waals surface area contributed by atoms with Crippen LogP contribution < -0.4 is 4.90 Å². The number of hydrogen-bond acceptors (Lipinski definition) is 2. The van der Waals surface area contributed by atoms with E-state index in [9.17, 15) is 9.18 Å². The van der Waals surface area contributed by atoms with Crippen molar-refractivity contribution in [2.45, 2.75) is 6.92 Å². The van der Waals surface area contributed by atoms with E-state index in [1.54, 1.807) is 6.07 Å². The van der Waals surface area contributed by atoms with E-state index in [0.29, 0.717) is 11.3 Å². The van der Waals surface area contributed by atoms with Crippen LogP contribution in [-0.4, -0.2) is 12.8 Å². The molecule has 0 aliphatic rings. The second-order valence-electron chi connectivity index (χ2n) is 4.15. The number of Topliss-reactive ketones (excluding diaryl/α,β-unsaturated/α-hetero) is 1. The zero-order chi connectivity index (χ0) is 13.1. The normalized spacial score (nSPS) is 10.2. The second-order valence-corrected chi connectivity index (χ2v) is 4.15. The predicted octanol–water partition coefficient (Wildman–Crippen LogP) is 3.80. The molecule has 0 spiro atoms. The van der Waals surface area contributed by atoms with Crippen molar-refractivity contribution in [3.05, 3.63) is 59.9 Å². The molecule has 0 atom stereocenters. The lowest BCUT2D eigenvalue weighted by Gasteiger charge is -2.20. The summed E-state index contributed by atoms with van der Waals surface area (Å²) in [6.07, 6.45) is 0. The number of para-hydroxylation sites is 1. The Labute approximate surface area is 106 Å². The third-order valence-corrected chi connectivity index (χ3v) is 2.82. The van der Waals surface area contributed by atoms with Crippen molar-refractivity contribution >= 4 is 17.2 Å². The van der Waals surface area contributed by atoms with Gasteiger partial charge in [-0.1, -0.05) is 18.2 Å². The summed E-state index contributed by atoms with van der Waals surface area (Å²) in [5.74, 6) is -0.544. The average molecular weight is 243 g/mol. The molecule has 0 unspecified atom stereocenters. The lowest BCUT2D eigenvalue weighted by molar-refractivity contribution is 0.101. The Bertz CT molecular complexity index is 566. The average Bonchev–Trinajstić information content (AvgIpc) is 2.38. The number of carbonyl (C=O) groups is 1. The number of anilines is 2. The molecule has 0 heterocycles. The summed E-state index contributed by atoms with van der Waals surface area (Å²) in [4.78, 5) is 13.2. The summed E-state index contributed by atoms with van der Waals surface area (Å²) in [7, 11) is 1.84. The molecule has 92 valence electrons. The summed E-state index contributed by atoms with van der Waals surface area (Å²) in [5.41, 5.74) is 1.98. The zero-order valence-electron chi connectivity index (χ0n) is 10.4. The molecule has 3 heteroatoms. The number of rotatable bonds is 3. The minimum Gasteiger partial charge on any atom is -0.345 e. The van der Waals surface area contributed by atoms with Crippen molar-refractivity contribution in [2.24, 2.45) is 0 Å². The van der Waals surface area contributed by atoms with E-state index in [2.05, 4.69) is 0 Å². The number of nitrogens with zero attached hydrogens (tertiary/aromatic N) is 1. The molecule has 0 amide bonds. The first kappa shape index (κ1) is 12.3. The highest BCUT2D eigenvalue weighted by Crippen LogP contribution is 2.25. The fourth-order valence-electron chi connectivity index (χ4n) is 1.77. The molecule has 0 radical (unpaired) electrons. The van der Waals surface area contributed by atoms with E-state index in [-0.39, 0.29) is 5.78 Å². The lowest BCUT2D eigenvalue weighted by Crippen LogP contribution is -2.10. The lowest BCUT2D eigenvalue weighted by atomic mass is 10.1. The van der Waals surface area contributed by atoms with Gasteiger partial charge >= 0.3 is 0 Å². The maximum atomic E-state index is 13.5. The van der Waals surface area contributed by atoms with Gasteiger partial charge in [0.1, 0.15) is 5.82 Å². The highest BCUT2D eigenvalue weighted by Gasteiger charge is 2.09. The van der Waals surface area contributed by atoms with E-state index in [1.165, 1.54) is 19.1 Å². The third kappa shape index (κ3) is 2.56. The number of hydrogen-bond donors (Lipinski definition) is 0. The van der Waals surface area contributed by atoms with Crippen LogP contribution in [-0.2, 0) is 0 Å². The summed E-state index contributed by atoms with van der Waals surface area (Å²) >= 11 is 0. The van der Waals surface area contributed by atoms with E-state index >= 15 is 0 Å². The molecule has 0 bridgehead atoms. The van der Waals surface area contributed by atoms with E-state index in [4.69, 9.17) is 0 Å². The van der Waals surface area contributed by atoms with E-state index < -0.39 is 5.82 Å². The standard InChI is InChI=1S/C15H14FNO/c1-11(18)12-8-13(16)10-15(9-12)17(2)14-6-4-3-5-7-14/h3-10H,1-2H3. The predicted molar refractivity (Wildman–Crippen MR) is 70.9 cm³/mol. The Morgan fingerprint density at radius 3 is 2.33 bits per heavy atom. The largest absolute Gasteiger partial charge is 0.345 e. The maximum absolute atomic E-state index is 13.5.